The Hall–Kier alpha value is -3.20. The number of nitrogens with one attached hydrogen (secondary N) is 2. The van der Waals surface area contributed by atoms with Gasteiger partial charge in [-0.25, -0.2) is 9.18 Å². The second kappa shape index (κ2) is 8.87. The average Bonchev–Trinajstić information content (AvgIpc) is 2.65. The molecule has 3 rings (SSSR count). The summed E-state index contributed by atoms with van der Waals surface area (Å²) in [5.74, 6) is -1.28. The first-order valence-electron chi connectivity index (χ1n) is 8.60. The molecule has 0 atom stereocenters. The van der Waals surface area contributed by atoms with Crippen LogP contribution in [0.3, 0.4) is 0 Å². The molecule has 4 amide bonds. The Labute approximate surface area is 174 Å². The summed E-state index contributed by atoms with van der Waals surface area (Å²) in [5.41, 5.74) is 0.625. The van der Waals surface area contributed by atoms with E-state index in [0.717, 1.165) is 0 Å². The van der Waals surface area contributed by atoms with Crippen LogP contribution in [0.15, 0.2) is 46.4 Å². The third-order valence-corrected chi connectivity index (χ3v) is 4.50. The third kappa shape index (κ3) is 4.80. The first-order chi connectivity index (χ1) is 13.9. The molecule has 1 heterocycles. The van der Waals surface area contributed by atoms with E-state index >= 15 is 0 Å². The molecule has 9 heteroatoms. The van der Waals surface area contributed by atoms with Crippen LogP contribution in [0.5, 0.6) is 11.5 Å². The van der Waals surface area contributed by atoms with Crippen molar-refractivity contribution in [3.05, 3.63) is 63.4 Å². The van der Waals surface area contributed by atoms with Gasteiger partial charge in [0.15, 0.2) is 11.5 Å². The van der Waals surface area contributed by atoms with Gasteiger partial charge in [0.1, 0.15) is 18.0 Å². The zero-order valence-corrected chi connectivity index (χ0v) is 16.8. The van der Waals surface area contributed by atoms with Crippen molar-refractivity contribution in [2.75, 3.05) is 6.61 Å². The molecule has 7 nitrogen and oxygen atoms in total. The van der Waals surface area contributed by atoms with E-state index in [9.17, 15) is 18.8 Å². The van der Waals surface area contributed by atoms with Crippen LogP contribution in [0.25, 0.3) is 6.08 Å². The van der Waals surface area contributed by atoms with Crippen LogP contribution in [0.4, 0.5) is 9.18 Å². The zero-order chi connectivity index (χ0) is 21.0. The highest BCUT2D eigenvalue weighted by molar-refractivity contribution is 9.10. The van der Waals surface area contributed by atoms with Crippen LogP contribution in [0.1, 0.15) is 18.1 Å². The van der Waals surface area contributed by atoms with Gasteiger partial charge in [-0.1, -0.05) is 18.2 Å². The smallest absolute Gasteiger partial charge is 0.328 e. The molecule has 0 radical (unpaired) electrons. The molecule has 0 spiro atoms. The van der Waals surface area contributed by atoms with Crippen molar-refractivity contribution < 1.29 is 28.2 Å². The number of hydrogen-bond donors (Lipinski definition) is 2. The van der Waals surface area contributed by atoms with E-state index < -0.39 is 17.8 Å². The van der Waals surface area contributed by atoms with Gasteiger partial charge in [-0.15, -0.1) is 0 Å². The molecule has 1 aliphatic rings. The molecular formula is C20H16BrFN2O5. The SMILES string of the molecule is CCOc1cc(C=C2C(=O)NC(=O)NC2=O)cc(Br)c1OCc1ccccc1F. The molecule has 0 saturated carbocycles. The van der Waals surface area contributed by atoms with Crippen molar-refractivity contribution in [2.24, 2.45) is 0 Å². The lowest BCUT2D eigenvalue weighted by atomic mass is 10.1. The van der Waals surface area contributed by atoms with E-state index in [-0.39, 0.29) is 18.0 Å². The molecule has 1 saturated heterocycles. The van der Waals surface area contributed by atoms with Crippen molar-refractivity contribution in [3.8, 4) is 11.5 Å². The summed E-state index contributed by atoms with van der Waals surface area (Å²) in [5, 5.41) is 4.02. The number of imide groups is 2. The molecule has 1 fully saturated rings. The van der Waals surface area contributed by atoms with Gasteiger partial charge in [-0.05, 0) is 52.7 Å². The Kier molecular flexibility index (Phi) is 6.28. The van der Waals surface area contributed by atoms with Gasteiger partial charge in [-0.3, -0.25) is 20.2 Å². The fourth-order valence-corrected chi connectivity index (χ4v) is 3.19. The van der Waals surface area contributed by atoms with E-state index in [4.69, 9.17) is 9.47 Å². The summed E-state index contributed by atoms with van der Waals surface area (Å²) < 4.78 is 25.7. The highest BCUT2D eigenvalue weighted by Crippen LogP contribution is 2.38. The number of halogens is 2. The maximum atomic E-state index is 13.8. The fourth-order valence-electron chi connectivity index (χ4n) is 2.61. The van der Waals surface area contributed by atoms with Gasteiger partial charge in [-0.2, -0.15) is 0 Å². The minimum atomic E-state index is -0.870. The molecule has 0 unspecified atom stereocenters. The molecule has 0 aliphatic carbocycles. The minimum absolute atomic E-state index is 0.0152. The van der Waals surface area contributed by atoms with E-state index in [1.165, 1.54) is 12.1 Å². The highest BCUT2D eigenvalue weighted by Gasteiger charge is 2.28. The standard InChI is InChI=1S/C20H16BrFN2O5/c1-2-28-16-9-11(7-13-18(25)23-20(27)24-19(13)26)8-14(21)17(16)29-10-12-5-3-4-6-15(12)22/h3-9H,2,10H2,1H3,(H2,23,24,25,26,27). The topological polar surface area (TPSA) is 93.7 Å². The monoisotopic (exact) mass is 462 g/mol. The molecule has 1 aliphatic heterocycles. The van der Waals surface area contributed by atoms with Gasteiger partial charge in [0, 0.05) is 5.56 Å². The molecule has 0 bridgehead atoms. The summed E-state index contributed by atoms with van der Waals surface area (Å²) >= 11 is 3.38. The number of ether oxygens (including phenoxy) is 2. The second-order valence-corrected chi connectivity index (χ2v) is 6.79. The van der Waals surface area contributed by atoms with E-state index in [2.05, 4.69) is 15.9 Å². The Balaban J connectivity index is 1.91. The summed E-state index contributed by atoms with van der Waals surface area (Å²) in [7, 11) is 0. The minimum Gasteiger partial charge on any atom is -0.490 e. The largest absolute Gasteiger partial charge is 0.490 e. The maximum absolute atomic E-state index is 13.8. The third-order valence-electron chi connectivity index (χ3n) is 3.92. The van der Waals surface area contributed by atoms with Gasteiger partial charge in [0.2, 0.25) is 0 Å². The van der Waals surface area contributed by atoms with Gasteiger partial charge >= 0.3 is 6.03 Å². The van der Waals surface area contributed by atoms with Gasteiger partial charge in [0.05, 0.1) is 11.1 Å². The molecule has 29 heavy (non-hydrogen) atoms. The van der Waals surface area contributed by atoms with Gasteiger partial charge in [0.25, 0.3) is 11.8 Å². The summed E-state index contributed by atoms with van der Waals surface area (Å²) in [6.07, 6.45) is 1.32. The molecule has 2 N–H and O–H groups in total. The van der Waals surface area contributed by atoms with Crippen LogP contribution < -0.4 is 20.1 Å². The zero-order valence-electron chi connectivity index (χ0n) is 15.3. The molecule has 150 valence electrons. The van der Waals surface area contributed by atoms with Gasteiger partial charge < -0.3 is 9.47 Å². The lowest BCUT2D eigenvalue weighted by Crippen LogP contribution is -2.51. The van der Waals surface area contributed by atoms with Crippen LogP contribution in [0, 0.1) is 5.82 Å². The van der Waals surface area contributed by atoms with Crippen LogP contribution in [-0.2, 0) is 16.2 Å². The molecular weight excluding hydrogens is 447 g/mol. The van der Waals surface area contributed by atoms with Crippen LogP contribution >= 0.6 is 15.9 Å². The first kappa shape index (κ1) is 20.5. The Bertz CT molecular complexity index is 1000. The van der Waals surface area contributed by atoms with Crippen LogP contribution in [-0.4, -0.2) is 24.5 Å². The van der Waals surface area contributed by atoms with Crippen molar-refractivity contribution in [1.29, 1.82) is 0 Å². The van der Waals surface area contributed by atoms with Crippen molar-refractivity contribution in [1.82, 2.24) is 10.6 Å². The van der Waals surface area contributed by atoms with Crippen molar-refractivity contribution in [3.63, 3.8) is 0 Å². The number of urea groups is 1. The fraction of sp³-hybridized carbons (Fsp3) is 0.150. The van der Waals surface area contributed by atoms with E-state index in [0.29, 0.717) is 33.7 Å². The number of hydrogen-bond acceptors (Lipinski definition) is 5. The Morgan fingerprint density at radius 1 is 1.07 bits per heavy atom. The Morgan fingerprint density at radius 2 is 1.76 bits per heavy atom. The quantitative estimate of drug-likeness (QED) is 0.507. The van der Waals surface area contributed by atoms with Crippen LogP contribution in [0.2, 0.25) is 0 Å². The first-order valence-corrected chi connectivity index (χ1v) is 9.39. The average molecular weight is 463 g/mol. The number of rotatable bonds is 6. The highest BCUT2D eigenvalue weighted by atomic mass is 79.9. The van der Waals surface area contributed by atoms with Crippen molar-refractivity contribution >= 4 is 39.9 Å². The number of benzene rings is 2. The normalized spacial score (nSPS) is 13.6. The Morgan fingerprint density at radius 3 is 2.41 bits per heavy atom. The maximum Gasteiger partial charge on any atom is 0.328 e. The second-order valence-electron chi connectivity index (χ2n) is 5.94. The lowest BCUT2D eigenvalue weighted by Gasteiger charge is -2.16. The molecule has 0 aromatic heterocycles. The molecule has 2 aromatic rings. The number of barbiturate groups is 1. The predicted molar refractivity (Wildman–Crippen MR) is 106 cm³/mol. The number of carbonyl (C=O) groups is 3. The van der Waals surface area contributed by atoms with Crippen molar-refractivity contribution in [2.45, 2.75) is 13.5 Å². The van der Waals surface area contributed by atoms with E-state index in [1.807, 2.05) is 10.6 Å². The molecule has 2 aromatic carbocycles. The summed E-state index contributed by atoms with van der Waals surface area (Å²) in [6.45, 7) is 2.10. The van der Waals surface area contributed by atoms with E-state index in [1.54, 1.807) is 37.3 Å². The summed E-state index contributed by atoms with van der Waals surface area (Å²) in [6, 6.07) is 8.58. The predicted octanol–water partition coefficient (Wildman–Crippen LogP) is 3.32. The summed E-state index contributed by atoms with van der Waals surface area (Å²) in [4.78, 5) is 35.0. The lowest BCUT2D eigenvalue weighted by molar-refractivity contribution is -0.123. The number of carbonyl (C=O) groups excluding carboxylic acids is 3. The number of amides is 4.